The van der Waals surface area contributed by atoms with Crippen LogP contribution < -0.4 is 10.9 Å². The summed E-state index contributed by atoms with van der Waals surface area (Å²) in [6.07, 6.45) is 0.0408. The molecule has 0 atom stereocenters. The van der Waals surface area contributed by atoms with Crippen LogP contribution in [0.1, 0.15) is 23.7 Å². The molecular weight excluding hydrogens is 320 g/mol. The summed E-state index contributed by atoms with van der Waals surface area (Å²) in [6, 6.07) is 13.7. The van der Waals surface area contributed by atoms with Crippen LogP contribution in [0.2, 0.25) is 0 Å². The van der Waals surface area contributed by atoms with Crippen molar-refractivity contribution >= 4 is 28.3 Å². The third kappa shape index (κ3) is 3.60. The van der Waals surface area contributed by atoms with Gasteiger partial charge in [0.1, 0.15) is 5.52 Å². The van der Waals surface area contributed by atoms with Gasteiger partial charge in [0.25, 0.3) is 5.56 Å². The molecular formula is C18H16N4O3. The van der Waals surface area contributed by atoms with Gasteiger partial charge >= 0.3 is 0 Å². The maximum absolute atomic E-state index is 12.3. The molecule has 0 saturated carbocycles. The highest BCUT2D eigenvalue weighted by molar-refractivity contribution is 6.03. The molecule has 7 heteroatoms. The Morgan fingerprint density at radius 2 is 1.80 bits per heavy atom. The second-order valence-corrected chi connectivity index (χ2v) is 5.53. The average Bonchev–Trinajstić information content (AvgIpc) is 2.61. The number of anilines is 1. The number of carbonyl (C=O) groups is 2. The van der Waals surface area contributed by atoms with E-state index < -0.39 is 0 Å². The van der Waals surface area contributed by atoms with Crippen LogP contribution >= 0.6 is 0 Å². The summed E-state index contributed by atoms with van der Waals surface area (Å²) < 4.78 is 1.17. The Bertz CT molecular complexity index is 1010. The van der Waals surface area contributed by atoms with Gasteiger partial charge in [-0.05, 0) is 31.2 Å². The zero-order valence-corrected chi connectivity index (χ0v) is 13.6. The van der Waals surface area contributed by atoms with E-state index in [9.17, 15) is 14.4 Å². The number of Topliss-reactive ketones (excluding diaryl/α,β-unsaturated/α-hetero) is 1. The maximum atomic E-state index is 12.3. The smallest absolute Gasteiger partial charge is 0.277 e. The average molecular weight is 336 g/mol. The van der Waals surface area contributed by atoms with Crippen molar-refractivity contribution in [2.75, 3.05) is 5.32 Å². The van der Waals surface area contributed by atoms with E-state index >= 15 is 0 Å². The second kappa shape index (κ2) is 7.04. The molecule has 0 fully saturated rings. The SMILES string of the molecule is CC(=O)c1ccccc1NC(=O)CCn1nnc2ccccc2c1=O. The third-order valence-electron chi connectivity index (χ3n) is 3.76. The molecule has 0 aliphatic carbocycles. The summed E-state index contributed by atoms with van der Waals surface area (Å²) in [5.41, 5.74) is 1.13. The molecule has 0 unspecified atom stereocenters. The summed E-state index contributed by atoms with van der Waals surface area (Å²) in [5, 5.41) is 11.0. The molecule has 0 aliphatic rings. The fourth-order valence-electron chi connectivity index (χ4n) is 2.49. The van der Waals surface area contributed by atoms with E-state index in [0.717, 1.165) is 0 Å². The molecule has 25 heavy (non-hydrogen) atoms. The first-order valence-electron chi connectivity index (χ1n) is 7.78. The summed E-state index contributed by atoms with van der Waals surface area (Å²) in [7, 11) is 0. The van der Waals surface area contributed by atoms with Crippen molar-refractivity contribution in [3.63, 3.8) is 0 Å². The predicted molar refractivity (Wildman–Crippen MR) is 93.5 cm³/mol. The van der Waals surface area contributed by atoms with E-state index in [1.165, 1.54) is 11.6 Å². The lowest BCUT2D eigenvalue weighted by molar-refractivity contribution is -0.116. The van der Waals surface area contributed by atoms with Gasteiger partial charge in [-0.25, -0.2) is 4.68 Å². The number of benzene rings is 2. The number of carbonyl (C=O) groups excluding carboxylic acids is 2. The number of hydrogen-bond donors (Lipinski definition) is 1. The number of ketones is 1. The minimum Gasteiger partial charge on any atom is -0.325 e. The maximum Gasteiger partial charge on any atom is 0.277 e. The van der Waals surface area contributed by atoms with Crippen molar-refractivity contribution in [2.24, 2.45) is 0 Å². The van der Waals surface area contributed by atoms with Crippen LogP contribution in [0.15, 0.2) is 53.3 Å². The summed E-state index contributed by atoms with van der Waals surface area (Å²) >= 11 is 0. The minimum atomic E-state index is -0.310. The molecule has 3 rings (SSSR count). The van der Waals surface area contributed by atoms with Gasteiger partial charge in [-0.2, -0.15) is 0 Å². The van der Waals surface area contributed by atoms with Crippen molar-refractivity contribution in [3.8, 4) is 0 Å². The van der Waals surface area contributed by atoms with E-state index in [1.54, 1.807) is 48.5 Å². The fraction of sp³-hybridized carbons (Fsp3) is 0.167. The molecule has 2 aromatic carbocycles. The number of hydrogen-bond acceptors (Lipinski definition) is 5. The van der Waals surface area contributed by atoms with Crippen LogP contribution in [0, 0.1) is 0 Å². The summed E-state index contributed by atoms with van der Waals surface area (Å²) in [5.74, 6) is -0.442. The second-order valence-electron chi connectivity index (χ2n) is 5.53. The number of aromatic nitrogens is 3. The zero-order valence-electron chi connectivity index (χ0n) is 13.6. The number of nitrogens with one attached hydrogen (secondary N) is 1. The van der Waals surface area contributed by atoms with E-state index in [-0.39, 0.29) is 30.2 Å². The Balaban J connectivity index is 1.72. The Morgan fingerprint density at radius 1 is 1.08 bits per heavy atom. The van der Waals surface area contributed by atoms with Gasteiger partial charge in [0.15, 0.2) is 5.78 Å². The van der Waals surface area contributed by atoms with Gasteiger partial charge < -0.3 is 5.32 Å². The Morgan fingerprint density at radius 3 is 2.60 bits per heavy atom. The van der Waals surface area contributed by atoms with Crippen molar-refractivity contribution in [1.82, 2.24) is 15.0 Å². The number of amides is 1. The normalized spacial score (nSPS) is 10.6. The molecule has 3 aromatic rings. The van der Waals surface area contributed by atoms with Gasteiger partial charge in [0, 0.05) is 12.0 Å². The first-order valence-corrected chi connectivity index (χ1v) is 7.78. The molecule has 1 aromatic heterocycles. The largest absolute Gasteiger partial charge is 0.325 e. The minimum absolute atomic E-state index is 0.0408. The van der Waals surface area contributed by atoms with Gasteiger partial charge in [-0.1, -0.05) is 29.5 Å². The quantitative estimate of drug-likeness (QED) is 0.719. The zero-order chi connectivity index (χ0) is 17.8. The first-order chi connectivity index (χ1) is 12.1. The van der Waals surface area contributed by atoms with Crippen LogP contribution in [-0.2, 0) is 11.3 Å². The molecule has 126 valence electrons. The van der Waals surface area contributed by atoms with Crippen LogP contribution in [0.4, 0.5) is 5.69 Å². The molecule has 0 aliphatic heterocycles. The molecule has 7 nitrogen and oxygen atoms in total. The highest BCUT2D eigenvalue weighted by Crippen LogP contribution is 2.15. The highest BCUT2D eigenvalue weighted by Gasteiger charge is 2.11. The fourth-order valence-corrected chi connectivity index (χ4v) is 2.49. The number of fused-ring (bicyclic) bond motifs is 1. The van der Waals surface area contributed by atoms with E-state index in [2.05, 4.69) is 15.6 Å². The number of rotatable bonds is 5. The molecule has 0 bridgehead atoms. The van der Waals surface area contributed by atoms with Crippen LogP contribution in [0.3, 0.4) is 0 Å². The van der Waals surface area contributed by atoms with Crippen molar-refractivity contribution in [1.29, 1.82) is 0 Å². The monoisotopic (exact) mass is 336 g/mol. The van der Waals surface area contributed by atoms with Crippen LogP contribution in [0.25, 0.3) is 10.9 Å². The topological polar surface area (TPSA) is 93.9 Å². The van der Waals surface area contributed by atoms with Gasteiger partial charge in [-0.3, -0.25) is 14.4 Å². The molecule has 1 amide bonds. The molecule has 1 heterocycles. The Hall–Kier alpha value is -3.35. The summed E-state index contributed by atoms with van der Waals surface area (Å²) in [4.78, 5) is 36.1. The van der Waals surface area contributed by atoms with Gasteiger partial charge in [-0.15, -0.1) is 5.10 Å². The summed E-state index contributed by atoms with van der Waals surface area (Å²) in [6.45, 7) is 1.54. The lowest BCUT2D eigenvalue weighted by Crippen LogP contribution is -2.26. The lowest BCUT2D eigenvalue weighted by Gasteiger charge is -2.09. The van der Waals surface area contributed by atoms with E-state index in [0.29, 0.717) is 22.2 Å². The van der Waals surface area contributed by atoms with Gasteiger partial charge in [0.2, 0.25) is 5.91 Å². The molecule has 0 saturated heterocycles. The molecule has 0 radical (unpaired) electrons. The first kappa shape index (κ1) is 16.5. The number of para-hydroxylation sites is 1. The number of aryl methyl sites for hydroxylation is 1. The standard InChI is InChI=1S/C18H16N4O3/c1-12(23)13-6-2-4-8-15(13)19-17(24)10-11-22-18(25)14-7-3-5-9-16(14)20-21-22/h2-9H,10-11H2,1H3,(H,19,24). The van der Waals surface area contributed by atoms with Gasteiger partial charge in [0.05, 0.1) is 17.6 Å². The predicted octanol–water partition coefficient (Wildman–Crippen LogP) is 2.02. The number of nitrogens with zero attached hydrogens (tertiary/aromatic N) is 3. The third-order valence-corrected chi connectivity index (χ3v) is 3.76. The van der Waals surface area contributed by atoms with Crippen LogP contribution in [0.5, 0.6) is 0 Å². The van der Waals surface area contributed by atoms with E-state index in [1.807, 2.05) is 0 Å². The lowest BCUT2D eigenvalue weighted by atomic mass is 10.1. The van der Waals surface area contributed by atoms with Crippen molar-refractivity contribution < 1.29 is 9.59 Å². The highest BCUT2D eigenvalue weighted by atomic mass is 16.2. The van der Waals surface area contributed by atoms with Crippen molar-refractivity contribution in [3.05, 3.63) is 64.4 Å². The Labute approximate surface area is 143 Å². The molecule has 0 spiro atoms. The molecule has 1 N–H and O–H groups in total. The Kier molecular flexibility index (Phi) is 4.65. The van der Waals surface area contributed by atoms with Crippen molar-refractivity contribution in [2.45, 2.75) is 19.9 Å². The van der Waals surface area contributed by atoms with E-state index in [4.69, 9.17) is 0 Å². The van der Waals surface area contributed by atoms with Crippen LogP contribution in [-0.4, -0.2) is 26.7 Å².